The third-order valence-electron chi connectivity index (χ3n) is 3.79. The van der Waals surface area contributed by atoms with Gasteiger partial charge in [-0.1, -0.05) is 18.2 Å². The number of rotatable bonds is 2. The van der Waals surface area contributed by atoms with Crippen LogP contribution in [-0.4, -0.2) is 18.0 Å². The molecule has 20 heavy (non-hydrogen) atoms. The number of allylic oxidation sites excluding steroid dienone is 1. The van der Waals surface area contributed by atoms with Crippen LogP contribution in [0, 0.1) is 10.8 Å². The van der Waals surface area contributed by atoms with E-state index in [0.717, 1.165) is 5.57 Å². The lowest BCUT2D eigenvalue weighted by atomic mass is 9.88. The quantitative estimate of drug-likeness (QED) is 0.336. The molecule has 1 unspecified atom stereocenters. The van der Waals surface area contributed by atoms with E-state index in [1.165, 1.54) is 0 Å². The fourth-order valence-corrected chi connectivity index (χ4v) is 2.57. The number of hydrogen-bond acceptors (Lipinski definition) is 4. The molecule has 0 saturated heterocycles. The zero-order chi connectivity index (χ0) is 14.7. The number of ether oxygens (including phenoxy) is 1. The van der Waals surface area contributed by atoms with E-state index in [2.05, 4.69) is 11.8 Å². The number of amides is 1. The zero-order valence-corrected chi connectivity index (χ0v) is 11.4. The zero-order valence-electron chi connectivity index (χ0n) is 11.4. The highest BCUT2D eigenvalue weighted by atomic mass is 16.5. The molecule has 0 radical (unpaired) electrons. The van der Waals surface area contributed by atoms with Gasteiger partial charge in [0.15, 0.2) is 0 Å². The van der Waals surface area contributed by atoms with Crippen molar-refractivity contribution in [3.8, 4) is 0 Å². The second-order valence-corrected chi connectivity index (χ2v) is 5.28. The highest BCUT2D eigenvalue weighted by Crippen LogP contribution is 2.30. The maximum Gasteiger partial charge on any atom is 0.334 e. The Morgan fingerprint density at radius 1 is 1.50 bits per heavy atom. The first-order valence-corrected chi connectivity index (χ1v) is 6.65. The van der Waals surface area contributed by atoms with Gasteiger partial charge in [0.2, 0.25) is 0 Å². The Morgan fingerprint density at radius 3 is 2.95 bits per heavy atom. The van der Waals surface area contributed by atoms with Crippen molar-refractivity contribution in [2.45, 2.75) is 38.7 Å². The van der Waals surface area contributed by atoms with Crippen molar-refractivity contribution >= 4 is 11.9 Å². The fraction of sp³-hybridized carbons (Fsp3) is 0.467. The average Bonchev–Trinajstić information content (AvgIpc) is 2.76. The Hall–Kier alpha value is -2.04. The van der Waals surface area contributed by atoms with Gasteiger partial charge in [-0.3, -0.25) is 4.79 Å². The Labute approximate surface area is 117 Å². The van der Waals surface area contributed by atoms with Gasteiger partial charge in [0.25, 0.3) is 0 Å². The van der Waals surface area contributed by atoms with E-state index in [0.29, 0.717) is 31.3 Å². The summed E-state index contributed by atoms with van der Waals surface area (Å²) < 4.78 is 5.26. The number of esters is 1. The van der Waals surface area contributed by atoms with Gasteiger partial charge in [0.1, 0.15) is 6.10 Å². The molecule has 5 nitrogen and oxygen atoms in total. The smallest absolute Gasteiger partial charge is 0.334 e. The minimum atomic E-state index is -0.807. The van der Waals surface area contributed by atoms with Crippen LogP contribution in [0.15, 0.2) is 40.6 Å². The highest BCUT2D eigenvalue weighted by molar-refractivity contribution is 5.94. The number of carbonyl (C=O) groups excluding carboxylic acids is 2. The van der Waals surface area contributed by atoms with Crippen LogP contribution in [0.5, 0.6) is 0 Å². The molecule has 0 aromatic heterocycles. The van der Waals surface area contributed by atoms with Crippen LogP contribution in [-0.2, 0) is 14.3 Å². The summed E-state index contributed by atoms with van der Waals surface area (Å²) in [4.78, 5) is 33.4. The lowest BCUT2D eigenvalue weighted by Gasteiger charge is -2.16. The fourth-order valence-electron chi connectivity index (χ4n) is 2.57. The first kappa shape index (κ1) is 14.4. The van der Waals surface area contributed by atoms with E-state index < -0.39 is 5.91 Å². The molecule has 1 aliphatic carbocycles. The number of carbonyl (C=O) groups is 2. The largest absolute Gasteiger partial charge is 0.454 e. The van der Waals surface area contributed by atoms with Crippen molar-refractivity contribution in [2.75, 3.05) is 0 Å². The molecule has 2 aliphatic rings. The molecule has 0 spiro atoms. The first-order valence-electron chi connectivity index (χ1n) is 6.65. The molecule has 106 valence electrons. The van der Waals surface area contributed by atoms with Gasteiger partial charge in [-0.25, -0.2) is 4.79 Å². The molecule has 1 aliphatic heterocycles. The molecular formula is C15H17NO4. The van der Waals surface area contributed by atoms with Crippen LogP contribution in [0.25, 0.3) is 0 Å². The normalized spacial score (nSPS) is 28.8. The van der Waals surface area contributed by atoms with E-state index in [1.54, 1.807) is 0 Å². The molecular weight excluding hydrogens is 258 g/mol. The monoisotopic (exact) mass is 275 g/mol. The van der Waals surface area contributed by atoms with Gasteiger partial charge < -0.3 is 4.74 Å². The lowest BCUT2D eigenvalue weighted by molar-refractivity contribution is -0.139. The van der Waals surface area contributed by atoms with Gasteiger partial charge in [-0.15, -0.1) is 4.91 Å². The van der Waals surface area contributed by atoms with Gasteiger partial charge in [0.05, 0.1) is 0 Å². The van der Waals surface area contributed by atoms with Crippen molar-refractivity contribution in [3.63, 3.8) is 0 Å². The summed E-state index contributed by atoms with van der Waals surface area (Å²) >= 11 is 0. The van der Waals surface area contributed by atoms with Gasteiger partial charge in [-0.2, -0.15) is 0 Å². The van der Waals surface area contributed by atoms with Gasteiger partial charge in [0, 0.05) is 22.7 Å². The summed E-state index contributed by atoms with van der Waals surface area (Å²) in [6.45, 7) is 5.63. The third-order valence-corrected chi connectivity index (χ3v) is 3.79. The van der Waals surface area contributed by atoms with Crippen LogP contribution < -0.4 is 0 Å². The van der Waals surface area contributed by atoms with Crippen molar-refractivity contribution < 1.29 is 14.3 Å². The van der Waals surface area contributed by atoms with E-state index in [9.17, 15) is 14.5 Å². The van der Waals surface area contributed by atoms with Crippen molar-refractivity contribution in [2.24, 2.45) is 11.1 Å². The molecule has 0 aromatic rings. The Bertz CT molecular complexity index is 530. The van der Waals surface area contributed by atoms with Crippen LogP contribution in [0.1, 0.15) is 32.6 Å². The van der Waals surface area contributed by atoms with Crippen LogP contribution in [0.4, 0.5) is 0 Å². The van der Waals surface area contributed by atoms with Crippen molar-refractivity contribution in [3.05, 3.63) is 40.4 Å². The van der Waals surface area contributed by atoms with Crippen molar-refractivity contribution in [1.82, 2.24) is 0 Å². The topological polar surface area (TPSA) is 72.8 Å². The van der Waals surface area contributed by atoms with E-state index in [-0.39, 0.29) is 23.6 Å². The van der Waals surface area contributed by atoms with Gasteiger partial charge >= 0.3 is 11.9 Å². The summed E-state index contributed by atoms with van der Waals surface area (Å²) in [5, 5.41) is 2.43. The van der Waals surface area contributed by atoms with E-state index >= 15 is 0 Å². The Balaban J connectivity index is 2.18. The predicted octanol–water partition coefficient (Wildman–Crippen LogP) is 2.82. The minimum absolute atomic E-state index is 0.166. The molecule has 1 heterocycles. The van der Waals surface area contributed by atoms with Crippen LogP contribution in [0.2, 0.25) is 0 Å². The molecule has 5 heteroatoms. The highest BCUT2D eigenvalue weighted by Gasteiger charge is 2.28. The summed E-state index contributed by atoms with van der Waals surface area (Å²) in [6.07, 6.45) is 6.08. The number of hydrogen-bond donors (Lipinski definition) is 0. The van der Waals surface area contributed by atoms with Gasteiger partial charge in [-0.05, 0) is 38.2 Å². The maximum absolute atomic E-state index is 11.7. The second kappa shape index (κ2) is 5.94. The summed E-state index contributed by atoms with van der Waals surface area (Å²) in [5.41, 5.74) is 1.95. The number of nitrogens with zero attached hydrogens (tertiary/aromatic N) is 1. The van der Waals surface area contributed by atoms with Crippen LogP contribution in [0.3, 0.4) is 0 Å². The van der Waals surface area contributed by atoms with E-state index in [4.69, 9.17) is 4.74 Å². The number of nitroso groups, excluding NO2 is 1. The lowest BCUT2D eigenvalue weighted by Crippen LogP contribution is -2.11. The SMILES string of the molecule is C=C(C(=O)N=O)C1C/C=C(\C)C[C@@H]2C=C(CC1)C(=O)O2. The average molecular weight is 275 g/mol. The van der Waals surface area contributed by atoms with E-state index in [1.807, 2.05) is 19.1 Å². The molecule has 0 aromatic carbocycles. The molecule has 1 amide bonds. The molecule has 2 rings (SSSR count). The third kappa shape index (κ3) is 3.10. The standard InChI is InChI=1S/C15H17NO4/c1-9-3-4-11(10(2)14(17)16-19)5-6-12-8-13(7-9)20-15(12)18/h3,8,11,13H,2,4-7H2,1H3/b9-3+/t11?,13-/m1/s1. The van der Waals surface area contributed by atoms with Crippen molar-refractivity contribution in [1.29, 1.82) is 0 Å². The molecule has 2 atom stereocenters. The predicted molar refractivity (Wildman–Crippen MR) is 73.6 cm³/mol. The second-order valence-electron chi connectivity index (χ2n) is 5.28. The molecule has 0 N–H and O–H groups in total. The summed E-state index contributed by atoms with van der Waals surface area (Å²) in [6, 6.07) is 0. The minimum Gasteiger partial charge on any atom is -0.454 e. The number of fused-ring (bicyclic) bond motifs is 1. The summed E-state index contributed by atoms with van der Waals surface area (Å²) in [7, 11) is 0. The molecule has 0 saturated carbocycles. The Morgan fingerprint density at radius 2 is 2.25 bits per heavy atom. The molecule has 2 bridgehead atoms. The molecule has 0 fully saturated rings. The maximum atomic E-state index is 11.7. The summed E-state index contributed by atoms with van der Waals surface area (Å²) in [5.74, 6) is -1.26. The first-order chi connectivity index (χ1) is 9.51. The van der Waals surface area contributed by atoms with Crippen LogP contribution >= 0.6 is 0 Å². The Kier molecular flexibility index (Phi) is 4.27.